The SMILES string of the molecule is CC(=O)Oc1c(C)c(C)c(OC(C)=O)c(CCOc2ccc(CC3SC(=O)NC3=O)cc2)c1C. The van der Waals surface area contributed by atoms with Gasteiger partial charge in [-0.05, 0) is 61.6 Å². The minimum Gasteiger partial charge on any atom is -0.493 e. The van der Waals surface area contributed by atoms with Crippen molar-refractivity contribution in [3.8, 4) is 17.2 Å². The molecule has 0 aliphatic carbocycles. The fraction of sp³-hybridized carbons (Fsp3) is 0.360. The van der Waals surface area contributed by atoms with Gasteiger partial charge in [0, 0.05) is 25.8 Å². The van der Waals surface area contributed by atoms with Crippen molar-refractivity contribution >= 4 is 34.8 Å². The Balaban J connectivity index is 1.72. The maximum atomic E-state index is 11.7. The first kappa shape index (κ1) is 25.3. The van der Waals surface area contributed by atoms with Gasteiger partial charge in [-0.25, -0.2) is 0 Å². The minimum atomic E-state index is -0.435. The van der Waals surface area contributed by atoms with Gasteiger partial charge in [-0.15, -0.1) is 0 Å². The Morgan fingerprint density at radius 2 is 1.50 bits per heavy atom. The minimum absolute atomic E-state index is 0.268. The van der Waals surface area contributed by atoms with Crippen LogP contribution in [0.15, 0.2) is 24.3 Å². The second kappa shape index (κ2) is 10.7. The Labute approximate surface area is 202 Å². The summed E-state index contributed by atoms with van der Waals surface area (Å²) in [7, 11) is 0. The molecule has 8 nitrogen and oxygen atoms in total. The summed E-state index contributed by atoms with van der Waals surface area (Å²) in [5.74, 6) is 0.434. The normalized spacial score (nSPS) is 15.1. The van der Waals surface area contributed by atoms with Crippen LogP contribution in [0.25, 0.3) is 0 Å². The average Bonchev–Trinajstić information content (AvgIpc) is 3.08. The van der Waals surface area contributed by atoms with Crippen LogP contribution in [0, 0.1) is 20.8 Å². The highest BCUT2D eigenvalue weighted by Gasteiger charge is 2.31. The van der Waals surface area contributed by atoms with Gasteiger partial charge in [0.25, 0.3) is 5.24 Å². The molecule has 9 heteroatoms. The van der Waals surface area contributed by atoms with E-state index in [1.165, 1.54) is 13.8 Å². The number of imide groups is 1. The zero-order valence-electron chi connectivity index (χ0n) is 19.8. The Morgan fingerprint density at radius 3 is 2.06 bits per heavy atom. The van der Waals surface area contributed by atoms with Crippen LogP contribution in [0.5, 0.6) is 17.2 Å². The summed E-state index contributed by atoms with van der Waals surface area (Å²) in [4.78, 5) is 46.4. The van der Waals surface area contributed by atoms with E-state index >= 15 is 0 Å². The lowest BCUT2D eigenvalue weighted by atomic mass is 9.95. The van der Waals surface area contributed by atoms with Crippen LogP contribution >= 0.6 is 11.8 Å². The van der Waals surface area contributed by atoms with E-state index in [9.17, 15) is 19.2 Å². The zero-order valence-corrected chi connectivity index (χ0v) is 20.6. The third-order valence-corrected chi connectivity index (χ3v) is 6.52. The number of carbonyl (C=O) groups excluding carboxylic acids is 4. The number of nitrogens with one attached hydrogen (secondary N) is 1. The molecule has 1 unspecified atom stereocenters. The lowest BCUT2D eigenvalue weighted by Crippen LogP contribution is -2.25. The summed E-state index contributed by atoms with van der Waals surface area (Å²) >= 11 is 1.000. The number of benzene rings is 2. The molecular weight excluding hydrogens is 458 g/mol. The van der Waals surface area contributed by atoms with Gasteiger partial charge in [-0.3, -0.25) is 24.5 Å². The van der Waals surface area contributed by atoms with Crippen molar-refractivity contribution in [2.24, 2.45) is 0 Å². The summed E-state index contributed by atoms with van der Waals surface area (Å²) in [5.41, 5.74) is 3.84. The maximum Gasteiger partial charge on any atom is 0.308 e. The van der Waals surface area contributed by atoms with Crippen molar-refractivity contribution in [3.05, 3.63) is 52.1 Å². The molecule has 1 saturated heterocycles. The number of rotatable bonds is 8. The quantitative estimate of drug-likeness (QED) is 0.442. The van der Waals surface area contributed by atoms with Crippen LogP contribution in [-0.2, 0) is 27.2 Å². The van der Waals surface area contributed by atoms with E-state index in [4.69, 9.17) is 14.2 Å². The Bertz CT molecular complexity index is 1140. The Kier molecular flexibility index (Phi) is 7.98. The first-order valence-corrected chi connectivity index (χ1v) is 11.7. The van der Waals surface area contributed by atoms with E-state index in [1.807, 2.05) is 32.9 Å². The third kappa shape index (κ3) is 5.96. The van der Waals surface area contributed by atoms with Gasteiger partial charge >= 0.3 is 11.9 Å². The zero-order chi connectivity index (χ0) is 25.0. The molecule has 0 aromatic heterocycles. The topological polar surface area (TPSA) is 108 Å². The van der Waals surface area contributed by atoms with E-state index in [2.05, 4.69) is 5.32 Å². The highest BCUT2D eigenvalue weighted by Crippen LogP contribution is 2.38. The first-order chi connectivity index (χ1) is 16.1. The van der Waals surface area contributed by atoms with Crippen molar-refractivity contribution in [3.63, 3.8) is 0 Å². The van der Waals surface area contributed by atoms with Gasteiger partial charge in [-0.2, -0.15) is 0 Å². The molecule has 1 atom stereocenters. The molecule has 0 saturated carbocycles. The van der Waals surface area contributed by atoms with Crippen LogP contribution in [-0.4, -0.2) is 34.9 Å². The fourth-order valence-electron chi connectivity index (χ4n) is 3.77. The predicted octanol–water partition coefficient (Wildman–Crippen LogP) is 3.98. The molecule has 1 heterocycles. The number of carbonyl (C=O) groups is 4. The van der Waals surface area contributed by atoms with Crippen molar-refractivity contribution in [1.82, 2.24) is 5.32 Å². The van der Waals surface area contributed by atoms with Crippen LogP contribution in [0.2, 0.25) is 0 Å². The van der Waals surface area contributed by atoms with Crippen molar-refractivity contribution in [1.29, 1.82) is 0 Å². The van der Waals surface area contributed by atoms with E-state index in [0.29, 0.717) is 36.7 Å². The summed E-state index contributed by atoms with van der Waals surface area (Å²) < 4.78 is 16.8. The van der Waals surface area contributed by atoms with Gasteiger partial charge in [-0.1, -0.05) is 23.9 Å². The average molecular weight is 486 g/mol. The van der Waals surface area contributed by atoms with Crippen LogP contribution < -0.4 is 19.5 Å². The molecule has 1 aliphatic heterocycles. The molecule has 0 spiro atoms. The predicted molar refractivity (Wildman–Crippen MR) is 128 cm³/mol. The molecule has 180 valence electrons. The Hall–Kier alpha value is -3.33. The molecule has 1 aliphatic rings. The summed E-state index contributed by atoms with van der Waals surface area (Å²) in [5, 5.41) is 1.55. The molecule has 3 rings (SSSR count). The van der Waals surface area contributed by atoms with E-state index < -0.39 is 17.2 Å². The molecule has 2 aromatic carbocycles. The van der Waals surface area contributed by atoms with Crippen LogP contribution in [0.1, 0.15) is 41.7 Å². The lowest BCUT2D eigenvalue weighted by molar-refractivity contribution is -0.133. The molecule has 1 N–H and O–H groups in total. The van der Waals surface area contributed by atoms with Gasteiger partial charge in [0.15, 0.2) is 0 Å². The first-order valence-electron chi connectivity index (χ1n) is 10.8. The summed E-state index contributed by atoms with van der Waals surface area (Å²) in [6.45, 7) is 8.44. The number of amides is 2. The Morgan fingerprint density at radius 1 is 0.912 bits per heavy atom. The largest absolute Gasteiger partial charge is 0.493 e. The summed E-state index contributed by atoms with van der Waals surface area (Å²) in [6.07, 6.45) is 0.877. The summed E-state index contributed by atoms with van der Waals surface area (Å²) in [6, 6.07) is 7.32. The van der Waals surface area contributed by atoms with Gasteiger partial charge in [0.05, 0.1) is 11.9 Å². The molecule has 1 fully saturated rings. The second-order valence-corrected chi connectivity index (χ2v) is 9.20. The van der Waals surface area contributed by atoms with Crippen molar-refractivity contribution in [2.75, 3.05) is 6.61 Å². The fourth-order valence-corrected chi connectivity index (χ4v) is 4.63. The maximum absolute atomic E-state index is 11.7. The molecule has 2 amide bonds. The monoisotopic (exact) mass is 485 g/mol. The van der Waals surface area contributed by atoms with Gasteiger partial charge in [0.1, 0.15) is 17.2 Å². The van der Waals surface area contributed by atoms with Crippen LogP contribution in [0.3, 0.4) is 0 Å². The third-order valence-electron chi connectivity index (χ3n) is 5.53. The standard InChI is InChI=1S/C25H27NO7S/c1-13-14(2)23(33-17(5)28)20(15(3)22(13)32-16(4)27)10-11-31-19-8-6-18(7-9-19)12-21-24(29)26-25(30)34-21/h6-9,21H,10-12H2,1-5H3,(H,26,29,30). The van der Waals surface area contributed by atoms with Crippen LogP contribution in [0.4, 0.5) is 4.79 Å². The van der Waals surface area contributed by atoms with Crippen molar-refractivity contribution in [2.45, 2.75) is 52.7 Å². The number of hydrogen-bond donors (Lipinski definition) is 1. The second-order valence-electron chi connectivity index (χ2n) is 8.03. The molecular formula is C25H27NO7S. The molecule has 0 radical (unpaired) electrons. The number of thioether (sulfide) groups is 1. The van der Waals surface area contributed by atoms with Crippen molar-refractivity contribution < 1.29 is 33.4 Å². The molecule has 2 aromatic rings. The number of hydrogen-bond acceptors (Lipinski definition) is 8. The molecule has 0 bridgehead atoms. The lowest BCUT2D eigenvalue weighted by Gasteiger charge is -2.21. The van der Waals surface area contributed by atoms with E-state index in [0.717, 1.165) is 39.6 Å². The van der Waals surface area contributed by atoms with E-state index in [1.54, 1.807) is 12.1 Å². The van der Waals surface area contributed by atoms with Gasteiger partial charge in [0.2, 0.25) is 5.91 Å². The smallest absolute Gasteiger partial charge is 0.308 e. The number of esters is 2. The number of ether oxygens (including phenoxy) is 3. The highest BCUT2D eigenvalue weighted by molar-refractivity contribution is 8.15. The van der Waals surface area contributed by atoms with E-state index in [-0.39, 0.29) is 11.1 Å². The molecule has 34 heavy (non-hydrogen) atoms. The van der Waals surface area contributed by atoms with Gasteiger partial charge < -0.3 is 14.2 Å². The highest BCUT2D eigenvalue weighted by atomic mass is 32.2.